The SMILES string of the molecule is CCc1nccn1CCCNC(=O)CN1CCOC1=O. The number of imidazole rings is 1. The molecule has 2 amide bonds. The van der Waals surface area contributed by atoms with Gasteiger partial charge < -0.3 is 14.6 Å². The predicted octanol–water partition coefficient (Wildman–Crippen LogP) is 0.404. The van der Waals surface area contributed by atoms with E-state index < -0.39 is 6.09 Å². The van der Waals surface area contributed by atoms with Crippen molar-refractivity contribution in [2.45, 2.75) is 26.3 Å². The van der Waals surface area contributed by atoms with Crippen LogP contribution in [-0.2, 0) is 22.5 Å². The number of rotatable bonds is 7. The molecule has 110 valence electrons. The molecule has 1 aliphatic heterocycles. The number of ether oxygens (including phenoxy) is 1. The summed E-state index contributed by atoms with van der Waals surface area (Å²) < 4.78 is 6.85. The molecule has 1 fully saturated rings. The molecule has 1 aromatic rings. The third kappa shape index (κ3) is 3.72. The van der Waals surface area contributed by atoms with Gasteiger partial charge in [0.1, 0.15) is 19.0 Å². The van der Waals surface area contributed by atoms with E-state index in [9.17, 15) is 9.59 Å². The molecule has 0 aliphatic carbocycles. The van der Waals surface area contributed by atoms with Gasteiger partial charge in [-0.05, 0) is 6.42 Å². The van der Waals surface area contributed by atoms with Gasteiger partial charge in [-0.1, -0.05) is 6.92 Å². The summed E-state index contributed by atoms with van der Waals surface area (Å²) in [6, 6.07) is 0. The molecular weight excluding hydrogens is 260 g/mol. The first-order valence-electron chi connectivity index (χ1n) is 6.89. The van der Waals surface area contributed by atoms with Gasteiger partial charge in [0.15, 0.2) is 0 Å². The van der Waals surface area contributed by atoms with Crippen molar-refractivity contribution >= 4 is 12.0 Å². The van der Waals surface area contributed by atoms with Crippen molar-refractivity contribution < 1.29 is 14.3 Å². The van der Waals surface area contributed by atoms with Crippen LogP contribution in [0.2, 0.25) is 0 Å². The lowest BCUT2D eigenvalue weighted by molar-refractivity contribution is -0.121. The Bertz CT molecular complexity index is 472. The van der Waals surface area contributed by atoms with E-state index in [4.69, 9.17) is 4.74 Å². The van der Waals surface area contributed by atoms with Crippen molar-refractivity contribution in [3.8, 4) is 0 Å². The Kier molecular flexibility index (Phi) is 4.97. The first-order valence-corrected chi connectivity index (χ1v) is 6.89. The van der Waals surface area contributed by atoms with E-state index in [1.54, 1.807) is 6.20 Å². The summed E-state index contributed by atoms with van der Waals surface area (Å²) in [5.41, 5.74) is 0. The van der Waals surface area contributed by atoms with Crippen LogP contribution < -0.4 is 5.32 Å². The molecular formula is C13H20N4O3. The highest BCUT2D eigenvalue weighted by Crippen LogP contribution is 2.02. The predicted molar refractivity (Wildman–Crippen MR) is 72.2 cm³/mol. The largest absolute Gasteiger partial charge is 0.448 e. The first-order chi connectivity index (χ1) is 9.70. The molecule has 1 saturated heterocycles. The van der Waals surface area contributed by atoms with Crippen LogP contribution in [0, 0.1) is 0 Å². The van der Waals surface area contributed by atoms with E-state index in [1.165, 1.54) is 4.90 Å². The summed E-state index contributed by atoms with van der Waals surface area (Å²) in [6.07, 6.45) is 5.05. The van der Waals surface area contributed by atoms with E-state index in [0.29, 0.717) is 19.7 Å². The van der Waals surface area contributed by atoms with Gasteiger partial charge in [-0.3, -0.25) is 9.69 Å². The van der Waals surface area contributed by atoms with Gasteiger partial charge >= 0.3 is 6.09 Å². The first kappa shape index (κ1) is 14.4. The Morgan fingerprint density at radius 3 is 3.10 bits per heavy atom. The zero-order valence-corrected chi connectivity index (χ0v) is 11.7. The van der Waals surface area contributed by atoms with Crippen LogP contribution >= 0.6 is 0 Å². The molecule has 0 unspecified atom stereocenters. The van der Waals surface area contributed by atoms with Crippen LogP contribution in [0.25, 0.3) is 0 Å². The molecule has 0 atom stereocenters. The minimum atomic E-state index is -0.411. The van der Waals surface area contributed by atoms with Gasteiger partial charge in [-0.15, -0.1) is 0 Å². The van der Waals surface area contributed by atoms with Crippen LogP contribution in [0.4, 0.5) is 4.79 Å². The molecule has 0 aromatic carbocycles. The molecule has 0 bridgehead atoms. The highest BCUT2D eigenvalue weighted by atomic mass is 16.6. The molecule has 2 heterocycles. The number of nitrogens with one attached hydrogen (secondary N) is 1. The fourth-order valence-electron chi connectivity index (χ4n) is 2.13. The molecule has 7 nitrogen and oxygen atoms in total. The summed E-state index contributed by atoms with van der Waals surface area (Å²) in [5.74, 6) is 0.904. The van der Waals surface area contributed by atoms with Crippen LogP contribution in [0.3, 0.4) is 0 Å². The Balaban J connectivity index is 1.63. The smallest absolute Gasteiger partial charge is 0.410 e. The topological polar surface area (TPSA) is 76.5 Å². The van der Waals surface area contributed by atoms with E-state index in [-0.39, 0.29) is 12.5 Å². The van der Waals surface area contributed by atoms with Crippen molar-refractivity contribution in [2.24, 2.45) is 0 Å². The number of nitrogens with zero attached hydrogens (tertiary/aromatic N) is 3. The summed E-state index contributed by atoms with van der Waals surface area (Å²) in [4.78, 5) is 28.5. The zero-order chi connectivity index (χ0) is 14.4. The van der Waals surface area contributed by atoms with Gasteiger partial charge in [0.25, 0.3) is 0 Å². The molecule has 2 rings (SSSR count). The highest BCUT2D eigenvalue weighted by molar-refractivity contribution is 5.82. The number of amides is 2. The van der Waals surface area contributed by atoms with Crippen molar-refractivity contribution in [3.05, 3.63) is 18.2 Å². The number of aromatic nitrogens is 2. The van der Waals surface area contributed by atoms with Gasteiger partial charge in [-0.2, -0.15) is 0 Å². The maximum absolute atomic E-state index is 11.6. The number of cyclic esters (lactones) is 1. The Labute approximate surface area is 117 Å². The minimum Gasteiger partial charge on any atom is -0.448 e. The molecule has 1 aliphatic rings. The summed E-state index contributed by atoms with van der Waals surface area (Å²) in [7, 11) is 0. The summed E-state index contributed by atoms with van der Waals surface area (Å²) in [5, 5.41) is 2.81. The van der Waals surface area contributed by atoms with Gasteiger partial charge in [0.05, 0.1) is 6.54 Å². The van der Waals surface area contributed by atoms with Crippen LogP contribution in [0.5, 0.6) is 0 Å². The van der Waals surface area contributed by atoms with Crippen LogP contribution in [-0.4, -0.2) is 52.7 Å². The van der Waals surface area contributed by atoms with E-state index in [1.807, 2.05) is 6.20 Å². The van der Waals surface area contributed by atoms with Crippen LogP contribution in [0.15, 0.2) is 12.4 Å². The van der Waals surface area contributed by atoms with Gasteiger partial charge in [-0.25, -0.2) is 9.78 Å². The number of aryl methyl sites for hydroxylation is 2. The standard InChI is InChI=1S/C13H20N4O3/c1-2-11-14-5-7-16(11)6-3-4-15-12(18)10-17-8-9-20-13(17)19/h5,7H,2-4,6,8-10H2,1H3,(H,15,18). The second kappa shape index (κ2) is 6.93. The van der Waals surface area contributed by atoms with E-state index in [2.05, 4.69) is 21.8 Å². The second-order valence-electron chi connectivity index (χ2n) is 4.63. The molecule has 0 saturated carbocycles. The van der Waals surface area contributed by atoms with Gasteiger partial charge in [0, 0.05) is 31.9 Å². The average Bonchev–Trinajstić information content (AvgIpc) is 3.04. The summed E-state index contributed by atoms with van der Waals surface area (Å²) >= 11 is 0. The normalized spacial score (nSPS) is 14.4. The lowest BCUT2D eigenvalue weighted by Crippen LogP contribution is -2.38. The third-order valence-electron chi connectivity index (χ3n) is 3.20. The Morgan fingerprint density at radius 1 is 1.55 bits per heavy atom. The third-order valence-corrected chi connectivity index (χ3v) is 3.20. The quantitative estimate of drug-likeness (QED) is 0.734. The van der Waals surface area contributed by atoms with Gasteiger partial charge in [0.2, 0.25) is 5.91 Å². The lowest BCUT2D eigenvalue weighted by Gasteiger charge is -2.12. The Hall–Kier alpha value is -2.05. The van der Waals surface area contributed by atoms with Crippen molar-refractivity contribution in [2.75, 3.05) is 26.2 Å². The fraction of sp³-hybridized carbons (Fsp3) is 0.615. The number of carbonyl (C=O) groups is 2. The fourth-order valence-corrected chi connectivity index (χ4v) is 2.13. The Morgan fingerprint density at radius 2 is 2.40 bits per heavy atom. The average molecular weight is 280 g/mol. The highest BCUT2D eigenvalue weighted by Gasteiger charge is 2.23. The maximum atomic E-state index is 11.6. The number of carbonyl (C=O) groups excluding carboxylic acids is 2. The molecule has 0 spiro atoms. The van der Waals surface area contributed by atoms with Crippen LogP contribution in [0.1, 0.15) is 19.2 Å². The van der Waals surface area contributed by atoms with E-state index >= 15 is 0 Å². The summed E-state index contributed by atoms with van der Waals surface area (Å²) in [6.45, 7) is 4.41. The molecule has 1 N–H and O–H groups in total. The monoisotopic (exact) mass is 280 g/mol. The maximum Gasteiger partial charge on any atom is 0.410 e. The molecule has 1 aromatic heterocycles. The minimum absolute atomic E-state index is 0.0735. The number of hydrogen-bond acceptors (Lipinski definition) is 4. The molecule has 7 heteroatoms. The van der Waals surface area contributed by atoms with Crippen molar-refractivity contribution in [3.63, 3.8) is 0 Å². The van der Waals surface area contributed by atoms with E-state index in [0.717, 1.165) is 25.2 Å². The van der Waals surface area contributed by atoms with Crippen molar-refractivity contribution in [1.29, 1.82) is 0 Å². The second-order valence-corrected chi connectivity index (χ2v) is 4.63. The van der Waals surface area contributed by atoms with Crippen molar-refractivity contribution in [1.82, 2.24) is 19.8 Å². The molecule has 0 radical (unpaired) electrons. The zero-order valence-electron chi connectivity index (χ0n) is 11.7. The molecule has 20 heavy (non-hydrogen) atoms. The lowest BCUT2D eigenvalue weighted by atomic mass is 10.3. The number of hydrogen-bond donors (Lipinski definition) is 1.